The SMILES string of the molecule is CC/C=C/C1COC(C2COC(C3CC=C(F)CC3)OC2)OC1. The zero-order valence-electron chi connectivity index (χ0n) is 13.8. The number of hydrogen-bond donors (Lipinski definition) is 0. The van der Waals surface area contributed by atoms with Gasteiger partial charge in [-0.2, -0.15) is 0 Å². The normalized spacial score (nSPS) is 39.4. The zero-order valence-corrected chi connectivity index (χ0v) is 13.8. The van der Waals surface area contributed by atoms with E-state index in [1.807, 2.05) is 0 Å². The van der Waals surface area contributed by atoms with Crippen LogP contribution in [0.25, 0.3) is 0 Å². The quantitative estimate of drug-likeness (QED) is 0.740. The molecule has 23 heavy (non-hydrogen) atoms. The summed E-state index contributed by atoms with van der Waals surface area (Å²) in [4.78, 5) is 0. The van der Waals surface area contributed by atoms with Crippen molar-refractivity contribution in [2.75, 3.05) is 26.4 Å². The van der Waals surface area contributed by atoms with Gasteiger partial charge in [0.2, 0.25) is 0 Å². The summed E-state index contributed by atoms with van der Waals surface area (Å²) in [5.74, 6) is 0.698. The Bertz CT molecular complexity index is 421. The second-order valence-corrected chi connectivity index (χ2v) is 6.61. The highest BCUT2D eigenvalue weighted by Gasteiger charge is 2.36. The smallest absolute Gasteiger partial charge is 0.164 e. The molecule has 1 aliphatic carbocycles. The van der Waals surface area contributed by atoms with Crippen molar-refractivity contribution in [2.24, 2.45) is 17.8 Å². The third-order valence-electron chi connectivity index (χ3n) is 4.71. The van der Waals surface area contributed by atoms with Gasteiger partial charge in [-0.15, -0.1) is 0 Å². The van der Waals surface area contributed by atoms with E-state index in [2.05, 4.69) is 19.1 Å². The maximum Gasteiger partial charge on any atom is 0.164 e. The Morgan fingerprint density at radius 2 is 1.70 bits per heavy atom. The summed E-state index contributed by atoms with van der Waals surface area (Å²) >= 11 is 0. The lowest BCUT2D eigenvalue weighted by Gasteiger charge is -2.39. The second-order valence-electron chi connectivity index (χ2n) is 6.61. The Morgan fingerprint density at radius 1 is 1.04 bits per heavy atom. The van der Waals surface area contributed by atoms with Crippen molar-refractivity contribution in [3.63, 3.8) is 0 Å². The lowest BCUT2D eigenvalue weighted by Crippen LogP contribution is -2.46. The molecule has 4 nitrogen and oxygen atoms in total. The van der Waals surface area contributed by atoms with Gasteiger partial charge in [0.05, 0.1) is 38.2 Å². The molecule has 2 aliphatic heterocycles. The van der Waals surface area contributed by atoms with E-state index in [-0.39, 0.29) is 30.2 Å². The monoisotopic (exact) mass is 326 g/mol. The maximum atomic E-state index is 13.1. The van der Waals surface area contributed by atoms with Gasteiger partial charge in [-0.1, -0.05) is 25.2 Å². The standard InChI is InChI=1S/C18H27FO4/c1-2-3-4-13-9-20-18(21-10-13)15-11-22-17(23-12-15)14-5-7-16(19)8-6-14/h3-4,7,13-15,17-18H,2,5-6,8-12H2,1H3/b4-3+. The van der Waals surface area contributed by atoms with E-state index in [1.54, 1.807) is 6.08 Å². The average Bonchev–Trinajstić information content (AvgIpc) is 2.61. The van der Waals surface area contributed by atoms with Crippen LogP contribution in [0.15, 0.2) is 24.1 Å². The van der Waals surface area contributed by atoms with Gasteiger partial charge in [0.15, 0.2) is 12.6 Å². The van der Waals surface area contributed by atoms with E-state index >= 15 is 0 Å². The first kappa shape index (κ1) is 17.1. The lowest BCUT2D eigenvalue weighted by atomic mass is 9.92. The molecule has 1 unspecified atom stereocenters. The van der Waals surface area contributed by atoms with E-state index in [1.165, 1.54) is 0 Å². The molecule has 0 saturated carbocycles. The molecule has 2 fully saturated rings. The summed E-state index contributed by atoms with van der Waals surface area (Å²) in [6.07, 6.45) is 8.52. The van der Waals surface area contributed by atoms with Crippen molar-refractivity contribution < 1.29 is 23.3 Å². The number of halogens is 1. The molecule has 0 aromatic heterocycles. The van der Waals surface area contributed by atoms with Gasteiger partial charge in [-0.05, 0) is 25.7 Å². The van der Waals surface area contributed by atoms with E-state index in [0.717, 1.165) is 12.8 Å². The van der Waals surface area contributed by atoms with Gasteiger partial charge in [0, 0.05) is 11.8 Å². The zero-order chi connectivity index (χ0) is 16.1. The van der Waals surface area contributed by atoms with Gasteiger partial charge in [-0.3, -0.25) is 0 Å². The highest BCUT2D eigenvalue weighted by atomic mass is 19.1. The Morgan fingerprint density at radius 3 is 2.30 bits per heavy atom. The highest BCUT2D eigenvalue weighted by Crippen LogP contribution is 2.32. The second kappa shape index (κ2) is 8.38. The van der Waals surface area contributed by atoms with Gasteiger partial charge >= 0.3 is 0 Å². The fourth-order valence-corrected chi connectivity index (χ4v) is 3.28. The van der Waals surface area contributed by atoms with E-state index < -0.39 is 0 Å². The molecular weight excluding hydrogens is 299 g/mol. The van der Waals surface area contributed by atoms with Gasteiger partial charge in [0.25, 0.3) is 0 Å². The van der Waals surface area contributed by atoms with E-state index in [4.69, 9.17) is 18.9 Å². The minimum Gasteiger partial charge on any atom is -0.352 e. The topological polar surface area (TPSA) is 36.9 Å². The molecule has 0 radical (unpaired) electrons. The first-order chi connectivity index (χ1) is 11.3. The third-order valence-corrected chi connectivity index (χ3v) is 4.71. The van der Waals surface area contributed by atoms with Crippen LogP contribution in [0, 0.1) is 17.8 Å². The lowest BCUT2D eigenvalue weighted by molar-refractivity contribution is -0.287. The van der Waals surface area contributed by atoms with Crippen molar-refractivity contribution in [3.8, 4) is 0 Å². The molecule has 2 saturated heterocycles. The first-order valence-corrected chi connectivity index (χ1v) is 8.74. The van der Waals surface area contributed by atoms with Crippen LogP contribution in [-0.4, -0.2) is 39.0 Å². The van der Waals surface area contributed by atoms with Crippen molar-refractivity contribution >= 4 is 0 Å². The molecule has 0 N–H and O–H groups in total. The molecule has 2 heterocycles. The molecule has 0 bridgehead atoms. The predicted octanol–water partition coefficient (Wildman–Crippen LogP) is 3.58. The van der Waals surface area contributed by atoms with Crippen molar-refractivity contribution in [3.05, 3.63) is 24.1 Å². The fraction of sp³-hybridized carbons (Fsp3) is 0.778. The van der Waals surface area contributed by atoms with Crippen LogP contribution in [0.2, 0.25) is 0 Å². The van der Waals surface area contributed by atoms with Crippen LogP contribution in [-0.2, 0) is 18.9 Å². The predicted molar refractivity (Wildman–Crippen MR) is 84.3 cm³/mol. The van der Waals surface area contributed by atoms with Crippen LogP contribution in [0.1, 0.15) is 32.6 Å². The molecule has 130 valence electrons. The molecule has 0 aromatic rings. The number of hydrogen-bond acceptors (Lipinski definition) is 4. The molecule has 0 amide bonds. The maximum absolute atomic E-state index is 13.1. The molecule has 3 rings (SSSR count). The molecule has 0 spiro atoms. The van der Waals surface area contributed by atoms with Crippen molar-refractivity contribution in [2.45, 2.75) is 45.2 Å². The van der Waals surface area contributed by atoms with Crippen LogP contribution >= 0.6 is 0 Å². The third kappa shape index (κ3) is 4.63. The van der Waals surface area contributed by atoms with Crippen LogP contribution in [0.3, 0.4) is 0 Å². The van der Waals surface area contributed by atoms with Crippen LogP contribution < -0.4 is 0 Å². The van der Waals surface area contributed by atoms with Gasteiger partial charge in [0.1, 0.15) is 0 Å². The summed E-state index contributed by atoms with van der Waals surface area (Å²) in [6.45, 7) is 4.65. The fourth-order valence-electron chi connectivity index (χ4n) is 3.28. The van der Waals surface area contributed by atoms with Crippen LogP contribution in [0.4, 0.5) is 4.39 Å². The van der Waals surface area contributed by atoms with Gasteiger partial charge < -0.3 is 18.9 Å². The molecule has 1 atom stereocenters. The Balaban J connectivity index is 1.40. The largest absolute Gasteiger partial charge is 0.352 e. The minimum absolute atomic E-state index is 0.00869. The first-order valence-electron chi connectivity index (χ1n) is 8.74. The average molecular weight is 326 g/mol. The summed E-state index contributed by atoms with van der Waals surface area (Å²) in [5, 5.41) is 0. The molecular formula is C18H27FO4. The molecule has 0 aromatic carbocycles. The summed E-state index contributed by atoms with van der Waals surface area (Å²) in [5.41, 5.74) is 0. The Labute approximate surface area is 137 Å². The summed E-state index contributed by atoms with van der Waals surface area (Å²) in [6, 6.07) is 0. The van der Waals surface area contributed by atoms with Crippen molar-refractivity contribution in [1.82, 2.24) is 0 Å². The van der Waals surface area contributed by atoms with Crippen LogP contribution in [0.5, 0.6) is 0 Å². The minimum atomic E-state index is -0.245. The van der Waals surface area contributed by atoms with Crippen molar-refractivity contribution in [1.29, 1.82) is 0 Å². The van der Waals surface area contributed by atoms with E-state index in [9.17, 15) is 4.39 Å². The van der Waals surface area contributed by atoms with Gasteiger partial charge in [-0.25, -0.2) is 4.39 Å². The number of rotatable bonds is 4. The summed E-state index contributed by atoms with van der Waals surface area (Å²) < 4.78 is 36.5. The molecule has 5 heteroatoms. The number of allylic oxidation sites excluding steroid dienone is 3. The Hall–Kier alpha value is -0.750. The molecule has 3 aliphatic rings. The summed E-state index contributed by atoms with van der Waals surface area (Å²) in [7, 11) is 0. The number of ether oxygens (including phenoxy) is 4. The van der Waals surface area contributed by atoms with E-state index in [0.29, 0.717) is 45.2 Å². The highest BCUT2D eigenvalue weighted by molar-refractivity contribution is 4.98. The Kier molecular flexibility index (Phi) is 6.22.